The molecule has 3 heterocycles. The fraction of sp³-hybridized carbons (Fsp3) is 0.500. The van der Waals surface area contributed by atoms with Crippen LogP contribution in [-0.4, -0.2) is 34.5 Å². The molecular formula is C12H14ClN3O2S. The average Bonchev–Trinajstić information content (AvgIpc) is 2.75. The van der Waals surface area contributed by atoms with Crippen LogP contribution in [0.5, 0.6) is 0 Å². The summed E-state index contributed by atoms with van der Waals surface area (Å²) in [6, 6.07) is 1.79. The highest BCUT2D eigenvalue weighted by molar-refractivity contribution is 7.91. The molecule has 102 valence electrons. The van der Waals surface area contributed by atoms with E-state index in [4.69, 9.17) is 11.6 Å². The molecule has 2 aromatic rings. The van der Waals surface area contributed by atoms with Crippen LogP contribution in [0.4, 0.5) is 0 Å². The van der Waals surface area contributed by atoms with Gasteiger partial charge in [0, 0.05) is 12.2 Å². The number of aromatic nitrogens is 3. The summed E-state index contributed by atoms with van der Waals surface area (Å²) in [5, 5.41) is 0. The van der Waals surface area contributed by atoms with Crippen LogP contribution < -0.4 is 0 Å². The lowest BCUT2D eigenvalue weighted by Crippen LogP contribution is -2.28. The number of fused-ring (bicyclic) bond motifs is 1. The molecule has 5 nitrogen and oxygen atoms in total. The highest BCUT2D eigenvalue weighted by atomic mass is 35.5. The maximum Gasteiger partial charge on any atom is 0.152 e. The summed E-state index contributed by atoms with van der Waals surface area (Å²) in [5.74, 6) is 1.44. The molecule has 1 atom stereocenters. The third-order valence-electron chi connectivity index (χ3n) is 3.49. The Morgan fingerprint density at radius 3 is 3.05 bits per heavy atom. The summed E-state index contributed by atoms with van der Waals surface area (Å²) >= 11 is 5.94. The van der Waals surface area contributed by atoms with Gasteiger partial charge in [0.05, 0.1) is 29.1 Å². The van der Waals surface area contributed by atoms with Crippen LogP contribution in [0.3, 0.4) is 0 Å². The minimum atomic E-state index is -2.96. The van der Waals surface area contributed by atoms with Crippen LogP contribution in [-0.2, 0) is 15.7 Å². The largest absolute Gasteiger partial charge is 0.323 e. The van der Waals surface area contributed by atoms with E-state index in [0.29, 0.717) is 12.2 Å². The van der Waals surface area contributed by atoms with E-state index < -0.39 is 9.84 Å². The molecule has 1 aliphatic heterocycles. The molecule has 0 N–H and O–H groups in total. The molecule has 0 aliphatic carbocycles. The Morgan fingerprint density at radius 2 is 2.32 bits per heavy atom. The first kappa shape index (κ1) is 12.9. The second kappa shape index (κ2) is 4.76. The minimum Gasteiger partial charge on any atom is -0.323 e. The Labute approximate surface area is 116 Å². The van der Waals surface area contributed by atoms with Gasteiger partial charge < -0.3 is 4.57 Å². The molecule has 0 radical (unpaired) electrons. The molecule has 7 heteroatoms. The first-order valence-corrected chi connectivity index (χ1v) is 8.53. The third kappa shape index (κ3) is 2.34. The number of halogens is 1. The van der Waals surface area contributed by atoms with Crippen molar-refractivity contribution in [2.45, 2.75) is 24.8 Å². The third-order valence-corrected chi connectivity index (χ3v) is 5.53. The molecule has 0 bridgehead atoms. The van der Waals surface area contributed by atoms with Crippen molar-refractivity contribution in [1.82, 2.24) is 14.5 Å². The highest BCUT2D eigenvalue weighted by Gasteiger charge is 2.28. The van der Waals surface area contributed by atoms with Crippen molar-refractivity contribution < 1.29 is 8.42 Å². The molecule has 1 aliphatic rings. The standard InChI is InChI=1S/C12H14ClN3O2S/c13-6-12-15-10-7-14-4-3-11(10)16(12)9-2-1-5-19(17,18)8-9/h3-4,7,9H,1-2,5-6,8H2. The lowest BCUT2D eigenvalue weighted by atomic mass is 10.2. The molecule has 1 saturated heterocycles. The Hall–Kier alpha value is -1.14. The van der Waals surface area contributed by atoms with Gasteiger partial charge in [-0.3, -0.25) is 4.98 Å². The topological polar surface area (TPSA) is 64.8 Å². The minimum absolute atomic E-state index is 0.0695. The molecule has 19 heavy (non-hydrogen) atoms. The zero-order chi connectivity index (χ0) is 13.5. The summed E-state index contributed by atoms with van der Waals surface area (Å²) < 4.78 is 25.6. The van der Waals surface area contributed by atoms with E-state index in [2.05, 4.69) is 9.97 Å². The van der Waals surface area contributed by atoms with Crippen molar-refractivity contribution in [3.63, 3.8) is 0 Å². The molecule has 0 spiro atoms. The number of hydrogen-bond acceptors (Lipinski definition) is 4. The van der Waals surface area contributed by atoms with E-state index in [1.165, 1.54) is 0 Å². The van der Waals surface area contributed by atoms with Crippen LogP contribution in [0.15, 0.2) is 18.5 Å². The highest BCUT2D eigenvalue weighted by Crippen LogP contribution is 2.29. The molecule has 3 rings (SSSR count). The second-order valence-corrected chi connectivity index (χ2v) is 7.30. The number of alkyl halides is 1. The molecule has 2 aromatic heterocycles. The predicted octanol–water partition coefficient (Wildman–Crippen LogP) is 1.92. The Morgan fingerprint density at radius 1 is 1.47 bits per heavy atom. The normalized spacial score (nSPS) is 22.7. The van der Waals surface area contributed by atoms with Crippen LogP contribution in [0, 0.1) is 0 Å². The van der Waals surface area contributed by atoms with Gasteiger partial charge in [-0.05, 0) is 18.9 Å². The second-order valence-electron chi connectivity index (χ2n) is 4.81. The fourth-order valence-electron chi connectivity index (χ4n) is 2.70. The van der Waals surface area contributed by atoms with Gasteiger partial charge >= 0.3 is 0 Å². The van der Waals surface area contributed by atoms with E-state index in [1.807, 2.05) is 10.6 Å². The van der Waals surface area contributed by atoms with Gasteiger partial charge in [-0.25, -0.2) is 13.4 Å². The number of pyridine rings is 1. The van der Waals surface area contributed by atoms with E-state index in [1.54, 1.807) is 12.4 Å². The van der Waals surface area contributed by atoms with Crippen molar-refractivity contribution in [3.05, 3.63) is 24.3 Å². The van der Waals surface area contributed by atoms with E-state index >= 15 is 0 Å². The monoisotopic (exact) mass is 299 g/mol. The lowest BCUT2D eigenvalue weighted by molar-refractivity contribution is 0.471. The number of rotatable bonds is 2. The number of imidazole rings is 1. The first-order chi connectivity index (χ1) is 9.11. The summed E-state index contributed by atoms with van der Waals surface area (Å²) in [7, 11) is -2.96. The maximum atomic E-state index is 11.8. The van der Waals surface area contributed by atoms with Crippen molar-refractivity contribution in [1.29, 1.82) is 0 Å². The van der Waals surface area contributed by atoms with Crippen LogP contribution in [0.25, 0.3) is 11.0 Å². The molecule has 1 fully saturated rings. The summed E-state index contributed by atoms with van der Waals surface area (Å²) in [4.78, 5) is 8.47. The first-order valence-electron chi connectivity index (χ1n) is 6.18. The van der Waals surface area contributed by atoms with E-state index in [-0.39, 0.29) is 23.4 Å². The molecular weight excluding hydrogens is 286 g/mol. The van der Waals surface area contributed by atoms with Crippen molar-refractivity contribution in [3.8, 4) is 0 Å². The van der Waals surface area contributed by atoms with Crippen molar-refractivity contribution >= 4 is 32.5 Å². The van der Waals surface area contributed by atoms with Gasteiger partial charge in [0.2, 0.25) is 0 Å². The lowest BCUT2D eigenvalue weighted by Gasteiger charge is -2.25. The van der Waals surface area contributed by atoms with Gasteiger partial charge in [0.25, 0.3) is 0 Å². The number of hydrogen-bond donors (Lipinski definition) is 0. The maximum absolute atomic E-state index is 11.8. The van der Waals surface area contributed by atoms with Crippen molar-refractivity contribution in [2.24, 2.45) is 0 Å². The van der Waals surface area contributed by atoms with E-state index in [9.17, 15) is 8.42 Å². The van der Waals surface area contributed by atoms with Gasteiger partial charge in [-0.1, -0.05) is 0 Å². The SMILES string of the molecule is O=S1(=O)CCCC(n2c(CCl)nc3cnccc32)C1. The molecule has 0 saturated carbocycles. The quantitative estimate of drug-likeness (QED) is 0.795. The van der Waals surface area contributed by atoms with Gasteiger partial charge in [-0.2, -0.15) is 0 Å². The van der Waals surface area contributed by atoms with Crippen molar-refractivity contribution in [2.75, 3.05) is 11.5 Å². The van der Waals surface area contributed by atoms with Gasteiger partial charge in [0.15, 0.2) is 9.84 Å². The summed E-state index contributed by atoms with van der Waals surface area (Å²) in [6.07, 6.45) is 4.91. The molecule has 0 amide bonds. The Balaban J connectivity index is 2.13. The van der Waals surface area contributed by atoms with E-state index in [0.717, 1.165) is 17.5 Å². The zero-order valence-electron chi connectivity index (χ0n) is 10.3. The zero-order valence-corrected chi connectivity index (χ0v) is 11.9. The summed E-state index contributed by atoms with van der Waals surface area (Å²) in [5.41, 5.74) is 1.67. The van der Waals surface area contributed by atoms with Gasteiger partial charge in [0.1, 0.15) is 11.3 Å². The number of sulfone groups is 1. The smallest absolute Gasteiger partial charge is 0.152 e. The van der Waals surface area contributed by atoms with Gasteiger partial charge in [-0.15, -0.1) is 11.6 Å². The Bertz CT molecular complexity index is 711. The fourth-order valence-corrected chi connectivity index (χ4v) is 4.57. The predicted molar refractivity (Wildman–Crippen MR) is 74.0 cm³/mol. The Kier molecular flexibility index (Phi) is 3.22. The van der Waals surface area contributed by atoms with Crippen LogP contribution in [0.2, 0.25) is 0 Å². The number of nitrogens with zero attached hydrogens (tertiary/aromatic N) is 3. The molecule has 0 aromatic carbocycles. The average molecular weight is 300 g/mol. The van der Waals surface area contributed by atoms with Crippen LogP contribution in [0.1, 0.15) is 24.7 Å². The van der Waals surface area contributed by atoms with Crippen LogP contribution >= 0.6 is 11.6 Å². The molecule has 1 unspecified atom stereocenters. The summed E-state index contributed by atoms with van der Waals surface area (Å²) in [6.45, 7) is 0.